The van der Waals surface area contributed by atoms with Gasteiger partial charge in [-0.1, -0.05) is 5.11 Å². The summed E-state index contributed by atoms with van der Waals surface area (Å²) in [5.74, 6) is 1.76. The van der Waals surface area contributed by atoms with E-state index in [4.69, 9.17) is 9.95 Å². The summed E-state index contributed by atoms with van der Waals surface area (Å²) in [5, 5.41) is 3.40. The molecule has 0 amide bonds. The van der Waals surface area contributed by atoms with Crippen LogP contribution in [0.3, 0.4) is 0 Å². The van der Waals surface area contributed by atoms with Crippen LogP contribution in [0.15, 0.2) is 21.7 Å². The second kappa shape index (κ2) is 3.68. The molecule has 1 aromatic heterocycles. The van der Waals surface area contributed by atoms with Gasteiger partial charge in [-0.05, 0) is 24.6 Å². The molecule has 0 spiro atoms. The zero-order valence-electron chi connectivity index (χ0n) is 6.32. The van der Waals surface area contributed by atoms with Gasteiger partial charge in [0.15, 0.2) is 0 Å². The fraction of sp³-hybridized carbons (Fsp3) is 0.429. The van der Waals surface area contributed by atoms with Gasteiger partial charge >= 0.3 is 0 Å². The largest absolute Gasteiger partial charge is 0.466 e. The molecule has 0 atom stereocenters. The van der Waals surface area contributed by atoms with E-state index in [1.807, 2.05) is 19.1 Å². The summed E-state index contributed by atoms with van der Waals surface area (Å²) in [6.07, 6.45) is 0.678. The summed E-state index contributed by atoms with van der Waals surface area (Å²) in [6, 6.07) is 3.79. The van der Waals surface area contributed by atoms with Gasteiger partial charge in [0.25, 0.3) is 0 Å². The summed E-state index contributed by atoms with van der Waals surface area (Å²) < 4.78 is 5.25. The van der Waals surface area contributed by atoms with Gasteiger partial charge in [-0.3, -0.25) is 0 Å². The quantitative estimate of drug-likeness (QED) is 0.371. The van der Waals surface area contributed by atoms with E-state index >= 15 is 0 Å². The molecule has 0 aromatic carbocycles. The van der Waals surface area contributed by atoms with Gasteiger partial charge in [0.1, 0.15) is 11.5 Å². The first kappa shape index (κ1) is 7.69. The standard InChI is InChI=1S/C7H9N3O/c1-6-2-3-7(11-6)4-5-9-10-8/h2-3H,4-5H2,1H3. The van der Waals surface area contributed by atoms with E-state index in [9.17, 15) is 0 Å². The fourth-order valence-corrected chi connectivity index (χ4v) is 0.824. The van der Waals surface area contributed by atoms with Gasteiger partial charge in [-0.2, -0.15) is 0 Å². The minimum Gasteiger partial charge on any atom is -0.466 e. The van der Waals surface area contributed by atoms with E-state index in [-0.39, 0.29) is 0 Å². The molecule has 0 aliphatic heterocycles. The Balaban J connectivity index is 2.44. The van der Waals surface area contributed by atoms with Gasteiger partial charge < -0.3 is 4.42 Å². The van der Waals surface area contributed by atoms with Crippen molar-refractivity contribution in [1.82, 2.24) is 0 Å². The molecule has 0 bridgehead atoms. The molecule has 0 unspecified atom stereocenters. The molecular weight excluding hydrogens is 142 g/mol. The molecule has 11 heavy (non-hydrogen) atoms. The van der Waals surface area contributed by atoms with Crippen LogP contribution in [0.4, 0.5) is 0 Å². The Morgan fingerprint density at radius 3 is 3.00 bits per heavy atom. The van der Waals surface area contributed by atoms with Gasteiger partial charge in [0, 0.05) is 17.9 Å². The average Bonchev–Trinajstić information content (AvgIpc) is 2.37. The minimum atomic E-state index is 0.462. The fourth-order valence-electron chi connectivity index (χ4n) is 0.824. The Bertz CT molecular complexity index is 273. The zero-order valence-corrected chi connectivity index (χ0v) is 6.32. The maximum atomic E-state index is 7.98. The molecule has 1 heterocycles. The van der Waals surface area contributed by atoms with Gasteiger partial charge in [-0.25, -0.2) is 0 Å². The first-order valence-electron chi connectivity index (χ1n) is 3.39. The van der Waals surface area contributed by atoms with E-state index in [1.54, 1.807) is 0 Å². The molecule has 4 nitrogen and oxygen atoms in total. The molecule has 1 rings (SSSR count). The Morgan fingerprint density at radius 2 is 2.45 bits per heavy atom. The van der Waals surface area contributed by atoms with Crippen LogP contribution in [0.2, 0.25) is 0 Å². The highest BCUT2D eigenvalue weighted by Crippen LogP contribution is 2.06. The van der Waals surface area contributed by atoms with Gasteiger partial charge in [0.2, 0.25) is 0 Å². The molecule has 0 saturated carbocycles. The maximum Gasteiger partial charge on any atom is 0.104 e. The van der Waals surface area contributed by atoms with Crippen molar-refractivity contribution in [2.45, 2.75) is 13.3 Å². The van der Waals surface area contributed by atoms with Crippen LogP contribution in [-0.2, 0) is 6.42 Å². The van der Waals surface area contributed by atoms with Gasteiger partial charge in [-0.15, -0.1) is 0 Å². The van der Waals surface area contributed by atoms with Crippen LogP contribution in [0.1, 0.15) is 11.5 Å². The number of rotatable bonds is 3. The minimum absolute atomic E-state index is 0.462. The lowest BCUT2D eigenvalue weighted by molar-refractivity contribution is 0.484. The van der Waals surface area contributed by atoms with E-state index in [0.29, 0.717) is 13.0 Å². The Morgan fingerprint density at radius 1 is 1.64 bits per heavy atom. The molecular formula is C7H9N3O. The number of nitrogens with zero attached hydrogens (tertiary/aromatic N) is 3. The Labute approximate surface area is 64.5 Å². The SMILES string of the molecule is Cc1ccc(CCN=[N+]=[N-])o1. The molecule has 0 fully saturated rings. The predicted octanol–water partition coefficient (Wildman–Crippen LogP) is 2.44. The second-order valence-electron chi connectivity index (χ2n) is 2.22. The number of furan rings is 1. The lowest BCUT2D eigenvalue weighted by Gasteiger charge is -1.88. The van der Waals surface area contributed by atoms with E-state index in [2.05, 4.69) is 10.0 Å². The first-order chi connectivity index (χ1) is 5.33. The molecule has 0 aliphatic carbocycles. The topological polar surface area (TPSA) is 61.9 Å². The van der Waals surface area contributed by atoms with E-state index in [0.717, 1.165) is 11.5 Å². The number of hydrogen-bond donors (Lipinski definition) is 0. The van der Waals surface area contributed by atoms with Crippen LogP contribution in [-0.4, -0.2) is 6.54 Å². The third-order valence-corrected chi connectivity index (χ3v) is 1.32. The molecule has 0 aliphatic rings. The highest BCUT2D eigenvalue weighted by molar-refractivity contribution is 5.05. The van der Waals surface area contributed by atoms with Crippen LogP contribution >= 0.6 is 0 Å². The summed E-state index contributed by atoms with van der Waals surface area (Å²) in [7, 11) is 0. The second-order valence-corrected chi connectivity index (χ2v) is 2.22. The van der Waals surface area contributed by atoms with Gasteiger partial charge in [0.05, 0.1) is 0 Å². The van der Waals surface area contributed by atoms with Crippen molar-refractivity contribution >= 4 is 0 Å². The molecule has 1 aromatic rings. The van der Waals surface area contributed by atoms with Crippen molar-refractivity contribution in [2.24, 2.45) is 5.11 Å². The normalized spacial score (nSPS) is 9.18. The summed E-state index contributed by atoms with van der Waals surface area (Å²) in [5.41, 5.74) is 7.98. The number of hydrogen-bond acceptors (Lipinski definition) is 2. The lowest BCUT2D eigenvalue weighted by Crippen LogP contribution is -1.83. The van der Waals surface area contributed by atoms with E-state index in [1.165, 1.54) is 0 Å². The van der Waals surface area contributed by atoms with Crippen LogP contribution in [0.25, 0.3) is 10.4 Å². The van der Waals surface area contributed by atoms with Crippen molar-refractivity contribution in [2.75, 3.05) is 6.54 Å². The molecule has 0 radical (unpaired) electrons. The van der Waals surface area contributed by atoms with Crippen LogP contribution < -0.4 is 0 Å². The zero-order chi connectivity index (χ0) is 8.10. The first-order valence-corrected chi connectivity index (χ1v) is 3.39. The molecule has 0 N–H and O–H groups in total. The van der Waals surface area contributed by atoms with E-state index < -0.39 is 0 Å². The number of azide groups is 1. The Kier molecular flexibility index (Phi) is 2.58. The summed E-state index contributed by atoms with van der Waals surface area (Å²) >= 11 is 0. The van der Waals surface area contributed by atoms with Crippen molar-refractivity contribution in [3.05, 3.63) is 34.1 Å². The van der Waals surface area contributed by atoms with Crippen molar-refractivity contribution in [3.8, 4) is 0 Å². The van der Waals surface area contributed by atoms with Crippen LogP contribution in [0, 0.1) is 6.92 Å². The third kappa shape index (κ3) is 2.35. The highest BCUT2D eigenvalue weighted by atomic mass is 16.3. The Hall–Kier alpha value is -1.41. The number of aryl methyl sites for hydroxylation is 1. The lowest BCUT2D eigenvalue weighted by atomic mass is 10.3. The molecule has 58 valence electrons. The third-order valence-electron chi connectivity index (χ3n) is 1.32. The molecule has 0 saturated heterocycles. The summed E-state index contributed by atoms with van der Waals surface area (Å²) in [4.78, 5) is 2.64. The van der Waals surface area contributed by atoms with Crippen LogP contribution in [0.5, 0.6) is 0 Å². The van der Waals surface area contributed by atoms with Crippen molar-refractivity contribution in [3.63, 3.8) is 0 Å². The predicted molar refractivity (Wildman–Crippen MR) is 41.2 cm³/mol. The smallest absolute Gasteiger partial charge is 0.104 e. The average molecular weight is 151 g/mol. The maximum absolute atomic E-state index is 7.98. The summed E-state index contributed by atoms with van der Waals surface area (Å²) in [6.45, 7) is 2.35. The monoisotopic (exact) mass is 151 g/mol. The van der Waals surface area contributed by atoms with Crippen molar-refractivity contribution in [1.29, 1.82) is 0 Å². The van der Waals surface area contributed by atoms with Crippen molar-refractivity contribution < 1.29 is 4.42 Å². The highest BCUT2D eigenvalue weighted by Gasteiger charge is 1.95. The molecule has 4 heteroatoms.